The van der Waals surface area contributed by atoms with Crippen LogP contribution in [0, 0.1) is 0 Å². The largest absolute Gasteiger partial charge is 0.411 e. The van der Waals surface area contributed by atoms with E-state index in [1.807, 2.05) is 18.2 Å². The third-order valence-corrected chi connectivity index (χ3v) is 2.62. The van der Waals surface area contributed by atoms with E-state index in [0.717, 1.165) is 10.9 Å². The number of ether oxygens (including phenoxy) is 1. The Morgan fingerprint density at radius 1 is 1.26 bits per heavy atom. The normalized spacial score (nSPS) is 13.7. The molecule has 19 heavy (non-hydrogen) atoms. The van der Waals surface area contributed by atoms with Gasteiger partial charge in [0.25, 0.3) is 0 Å². The van der Waals surface area contributed by atoms with E-state index >= 15 is 0 Å². The first-order chi connectivity index (χ1) is 8.96. The standard InChI is InChI=1S/C13H13F3N2O/c14-13(15,16)8-19-7-11(17)10-4-3-9-2-1-5-18-12(9)6-10/h1-6,11H,7-8,17H2. The van der Waals surface area contributed by atoms with E-state index in [0.29, 0.717) is 5.56 Å². The highest BCUT2D eigenvalue weighted by atomic mass is 19.4. The molecular weight excluding hydrogens is 257 g/mol. The summed E-state index contributed by atoms with van der Waals surface area (Å²) in [4.78, 5) is 4.17. The Kier molecular flexibility index (Phi) is 4.01. The first kappa shape index (κ1) is 13.8. The van der Waals surface area contributed by atoms with Gasteiger partial charge in [-0.2, -0.15) is 13.2 Å². The second-order valence-electron chi connectivity index (χ2n) is 4.19. The summed E-state index contributed by atoms with van der Waals surface area (Å²) in [6.45, 7) is -1.47. The van der Waals surface area contributed by atoms with Crippen LogP contribution in [0.2, 0.25) is 0 Å². The molecule has 0 radical (unpaired) electrons. The lowest BCUT2D eigenvalue weighted by Crippen LogP contribution is -2.23. The van der Waals surface area contributed by atoms with Crippen LogP contribution in [0.5, 0.6) is 0 Å². The summed E-state index contributed by atoms with van der Waals surface area (Å²) in [5.74, 6) is 0. The molecule has 0 saturated heterocycles. The molecule has 102 valence electrons. The van der Waals surface area contributed by atoms with Gasteiger partial charge in [-0.25, -0.2) is 0 Å². The molecule has 0 saturated carbocycles. The third kappa shape index (κ3) is 3.90. The molecule has 1 aromatic carbocycles. The molecule has 0 fully saturated rings. The molecule has 1 aromatic heterocycles. The molecule has 1 atom stereocenters. The highest BCUT2D eigenvalue weighted by Gasteiger charge is 2.27. The van der Waals surface area contributed by atoms with Crippen molar-refractivity contribution in [3.8, 4) is 0 Å². The van der Waals surface area contributed by atoms with Crippen molar-refractivity contribution < 1.29 is 17.9 Å². The van der Waals surface area contributed by atoms with Crippen molar-refractivity contribution in [2.75, 3.05) is 13.2 Å². The van der Waals surface area contributed by atoms with Crippen molar-refractivity contribution >= 4 is 10.9 Å². The van der Waals surface area contributed by atoms with Crippen molar-refractivity contribution in [3.05, 3.63) is 42.1 Å². The summed E-state index contributed by atoms with van der Waals surface area (Å²) >= 11 is 0. The van der Waals surface area contributed by atoms with Crippen LogP contribution in [0.15, 0.2) is 36.5 Å². The Morgan fingerprint density at radius 2 is 2.05 bits per heavy atom. The fraction of sp³-hybridized carbons (Fsp3) is 0.308. The van der Waals surface area contributed by atoms with Crippen LogP contribution in [0.1, 0.15) is 11.6 Å². The SMILES string of the molecule is NC(COCC(F)(F)F)c1ccc2cccnc2c1. The molecular formula is C13H13F3N2O. The van der Waals surface area contributed by atoms with Gasteiger partial charge in [0.1, 0.15) is 6.61 Å². The van der Waals surface area contributed by atoms with Gasteiger partial charge in [0.2, 0.25) is 0 Å². The van der Waals surface area contributed by atoms with Gasteiger partial charge in [0.05, 0.1) is 18.2 Å². The molecule has 6 heteroatoms. The van der Waals surface area contributed by atoms with E-state index < -0.39 is 18.8 Å². The maximum Gasteiger partial charge on any atom is 0.411 e. The topological polar surface area (TPSA) is 48.1 Å². The lowest BCUT2D eigenvalue weighted by molar-refractivity contribution is -0.174. The number of rotatable bonds is 4. The van der Waals surface area contributed by atoms with Crippen molar-refractivity contribution in [2.45, 2.75) is 12.2 Å². The molecule has 1 unspecified atom stereocenters. The highest BCUT2D eigenvalue weighted by Crippen LogP contribution is 2.19. The molecule has 1 heterocycles. The average molecular weight is 270 g/mol. The number of fused-ring (bicyclic) bond motifs is 1. The Bertz CT molecular complexity index is 557. The number of aromatic nitrogens is 1. The number of halogens is 3. The van der Waals surface area contributed by atoms with Crippen LogP contribution in [0.25, 0.3) is 10.9 Å². The maximum absolute atomic E-state index is 11.9. The number of alkyl halides is 3. The van der Waals surface area contributed by atoms with Gasteiger partial charge >= 0.3 is 6.18 Å². The van der Waals surface area contributed by atoms with Crippen LogP contribution in [-0.2, 0) is 4.74 Å². The van der Waals surface area contributed by atoms with Crippen LogP contribution in [0.3, 0.4) is 0 Å². The summed E-state index contributed by atoms with van der Waals surface area (Å²) in [7, 11) is 0. The maximum atomic E-state index is 11.9. The number of pyridine rings is 1. The average Bonchev–Trinajstić information content (AvgIpc) is 2.36. The predicted octanol–water partition coefficient (Wildman–Crippen LogP) is 2.81. The molecule has 0 spiro atoms. The summed E-state index contributed by atoms with van der Waals surface area (Å²) in [6, 6.07) is 8.48. The third-order valence-electron chi connectivity index (χ3n) is 2.62. The summed E-state index contributed by atoms with van der Waals surface area (Å²) in [5.41, 5.74) is 7.25. The zero-order valence-corrected chi connectivity index (χ0v) is 10.0. The van der Waals surface area contributed by atoms with Gasteiger partial charge in [0.15, 0.2) is 0 Å². The monoisotopic (exact) mass is 270 g/mol. The Morgan fingerprint density at radius 3 is 2.79 bits per heavy atom. The van der Waals surface area contributed by atoms with Gasteiger partial charge in [0, 0.05) is 11.6 Å². The van der Waals surface area contributed by atoms with Crippen LogP contribution in [-0.4, -0.2) is 24.4 Å². The van der Waals surface area contributed by atoms with E-state index in [1.54, 1.807) is 18.3 Å². The molecule has 2 N–H and O–H groups in total. The van der Waals surface area contributed by atoms with Crippen LogP contribution >= 0.6 is 0 Å². The summed E-state index contributed by atoms with van der Waals surface area (Å²) in [5, 5.41) is 0.953. The Balaban J connectivity index is 2.03. The van der Waals surface area contributed by atoms with E-state index in [2.05, 4.69) is 9.72 Å². The Labute approximate surface area is 108 Å². The number of hydrogen-bond donors (Lipinski definition) is 1. The van der Waals surface area contributed by atoms with Gasteiger partial charge in [-0.05, 0) is 17.7 Å². The summed E-state index contributed by atoms with van der Waals surface area (Å²) < 4.78 is 40.4. The molecule has 0 aliphatic rings. The number of nitrogens with two attached hydrogens (primary N) is 1. The number of nitrogens with zero attached hydrogens (tertiary/aromatic N) is 1. The lowest BCUT2D eigenvalue weighted by Gasteiger charge is -2.14. The van der Waals surface area contributed by atoms with Gasteiger partial charge in [-0.15, -0.1) is 0 Å². The van der Waals surface area contributed by atoms with Gasteiger partial charge in [-0.1, -0.05) is 18.2 Å². The van der Waals surface area contributed by atoms with Crippen molar-refractivity contribution in [2.24, 2.45) is 5.73 Å². The quantitative estimate of drug-likeness (QED) is 0.929. The smallest absolute Gasteiger partial charge is 0.370 e. The second kappa shape index (κ2) is 5.54. The number of hydrogen-bond acceptors (Lipinski definition) is 3. The van der Waals surface area contributed by atoms with Crippen molar-refractivity contribution in [1.29, 1.82) is 0 Å². The van der Waals surface area contributed by atoms with E-state index in [1.165, 1.54) is 0 Å². The minimum absolute atomic E-state index is 0.183. The zero-order valence-electron chi connectivity index (χ0n) is 10.0. The fourth-order valence-electron chi connectivity index (χ4n) is 1.71. The molecule has 0 bridgehead atoms. The first-order valence-corrected chi connectivity index (χ1v) is 5.70. The highest BCUT2D eigenvalue weighted by molar-refractivity contribution is 5.78. The lowest BCUT2D eigenvalue weighted by atomic mass is 10.1. The molecule has 0 aliphatic carbocycles. The predicted molar refractivity (Wildman–Crippen MR) is 65.5 cm³/mol. The van der Waals surface area contributed by atoms with Crippen molar-refractivity contribution in [1.82, 2.24) is 4.98 Å². The molecule has 0 amide bonds. The zero-order chi connectivity index (χ0) is 13.9. The summed E-state index contributed by atoms with van der Waals surface area (Å²) in [6.07, 6.45) is -2.68. The van der Waals surface area contributed by atoms with Crippen molar-refractivity contribution in [3.63, 3.8) is 0 Å². The minimum atomic E-state index is -4.33. The minimum Gasteiger partial charge on any atom is -0.370 e. The molecule has 2 aromatic rings. The van der Waals surface area contributed by atoms with Gasteiger partial charge < -0.3 is 10.5 Å². The van der Waals surface area contributed by atoms with E-state index in [-0.39, 0.29) is 6.61 Å². The van der Waals surface area contributed by atoms with E-state index in [4.69, 9.17) is 5.73 Å². The van der Waals surface area contributed by atoms with Crippen LogP contribution in [0.4, 0.5) is 13.2 Å². The molecule has 0 aliphatic heterocycles. The van der Waals surface area contributed by atoms with Gasteiger partial charge in [-0.3, -0.25) is 4.98 Å². The van der Waals surface area contributed by atoms with E-state index in [9.17, 15) is 13.2 Å². The molecule has 3 nitrogen and oxygen atoms in total. The number of benzene rings is 1. The Hall–Kier alpha value is -1.66. The van der Waals surface area contributed by atoms with Crippen LogP contribution < -0.4 is 5.73 Å². The first-order valence-electron chi connectivity index (χ1n) is 5.70. The molecule has 2 rings (SSSR count). The fourth-order valence-corrected chi connectivity index (χ4v) is 1.71. The second-order valence-corrected chi connectivity index (χ2v) is 4.19.